The van der Waals surface area contributed by atoms with Crippen LogP contribution >= 0.6 is 11.8 Å². The SMILES string of the molecule is CSc1ccccc1CN1CCC(CNC(=O)C2(c3ccc(F)cc3)CC2)CC1. The third-order valence-electron chi connectivity index (χ3n) is 6.43. The van der Waals surface area contributed by atoms with Gasteiger partial charge in [0.25, 0.3) is 0 Å². The second-order valence-corrected chi connectivity index (χ2v) is 9.18. The molecule has 1 aliphatic carbocycles. The first kappa shape index (κ1) is 20.4. The molecule has 0 spiro atoms. The van der Waals surface area contributed by atoms with Gasteiger partial charge >= 0.3 is 0 Å². The van der Waals surface area contributed by atoms with Crippen molar-refractivity contribution in [2.75, 3.05) is 25.9 Å². The van der Waals surface area contributed by atoms with Crippen LogP contribution in [-0.2, 0) is 16.8 Å². The minimum atomic E-state index is -0.421. The fraction of sp³-hybridized carbons (Fsp3) is 0.458. The standard InChI is InChI=1S/C24H29FN2OS/c1-29-22-5-3-2-4-19(22)17-27-14-10-18(11-15-27)16-26-23(28)24(12-13-24)20-6-8-21(25)9-7-20/h2-9,18H,10-17H2,1H3,(H,26,28). The number of likely N-dealkylation sites (tertiary alicyclic amines) is 1. The summed E-state index contributed by atoms with van der Waals surface area (Å²) in [5.74, 6) is 0.396. The lowest BCUT2D eigenvalue weighted by molar-refractivity contribution is -0.123. The van der Waals surface area contributed by atoms with Gasteiger partial charge in [-0.3, -0.25) is 9.69 Å². The van der Waals surface area contributed by atoms with E-state index < -0.39 is 5.41 Å². The van der Waals surface area contributed by atoms with E-state index in [0.29, 0.717) is 5.92 Å². The summed E-state index contributed by atoms with van der Waals surface area (Å²) in [4.78, 5) is 16.7. The molecule has 0 aromatic heterocycles. The number of amides is 1. The summed E-state index contributed by atoms with van der Waals surface area (Å²) in [6, 6.07) is 15.1. The third-order valence-corrected chi connectivity index (χ3v) is 7.26. The number of hydrogen-bond donors (Lipinski definition) is 1. The van der Waals surface area contributed by atoms with Gasteiger partial charge in [-0.15, -0.1) is 11.8 Å². The van der Waals surface area contributed by atoms with Gasteiger partial charge in [0.05, 0.1) is 5.41 Å². The number of carbonyl (C=O) groups excluding carboxylic acids is 1. The molecule has 154 valence electrons. The Hall–Kier alpha value is -1.85. The second kappa shape index (κ2) is 8.88. The first-order valence-electron chi connectivity index (χ1n) is 10.5. The number of piperidine rings is 1. The Bertz CT molecular complexity index is 842. The molecular formula is C24H29FN2OS. The van der Waals surface area contributed by atoms with Crippen molar-refractivity contribution < 1.29 is 9.18 Å². The van der Waals surface area contributed by atoms with E-state index in [9.17, 15) is 9.18 Å². The average Bonchev–Trinajstić information content (AvgIpc) is 3.56. The number of carbonyl (C=O) groups is 1. The largest absolute Gasteiger partial charge is 0.355 e. The highest BCUT2D eigenvalue weighted by Gasteiger charge is 2.51. The van der Waals surface area contributed by atoms with Gasteiger partial charge in [-0.2, -0.15) is 0 Å². The molecule has 0 bridgehead atoms. The molecule has 29 heavy (non-hydrogen) atoms. The van der Waals surface area contributed by atoms with Crippen LogP contribution in [0.2, 0.25) is 0 Å². The highest BCUT2D eigenvalue weighted by Crippen LogP contribution is 2.48. The molecule has 2 aliphatic rings. The number of rotatable bonds is 7. The Kier molecular flexibility index (Phi) is 6.26. The molecule has 1 amide bonds. The van der Waals surface area contributed by atoms with Crippen molar-refractivity contribution in [2.45, 2.75) is 42.5 Å². The van der Waals surface area contributed by atoms with Gasteiger partial charge in [0, 0.05) is 18.0 Å². The number of benzene rings is 2. The fourth-order valence-corrected chi connectivity index (χ4v) is 4.98. The number of halogens is 1. The Morgan fingerprint density at radius 3 is 2.48 bits per heavy atom. The van der Waals surface area contributed by atoms with Crippen molar-refractivity contribution >= 4 is 17.7 Å². The number of nitrogens with zero attached hydrogens (tertiary/aromatic N) is 1. The van der Waals surface area contributed by atoms with Crippen molar-refractivity contribution in [3.8, 4) is 0 Å². The van der Waals surface area contributed by atoms with Crippen LogP contribution in [0, 0.1) is 11.7 Å². The van der Waals surface area contributed by atoms with E-state index in [1.807, 2.05) is 11.8 Å². The summed E-state index contributed by atoms with van der Waals surface area (Å²) in [5.41, 5.74) is 1.93. The maximum atomic E-state index is 13.2. The summed E-state index contributed by atoms with van der Waals surface area (Å²) < 4.78 is 13.2. The highest BCUT2D eigenvalue weighted by atomic mass is 32.2. The Labute approximate surface area is 177 Å². The van der Waals surface area contributed by atoms with Crippen LogP contribution in [0.3, 0.4) is 0 Å². The van der Waals surface area contributed by atoms with E-state index >= 15 is 0 Å². The maximum absolute atomic E-state index is 13.2. The van der Waals surface area contributed by atoms with Gasteiger partial charge < -0.3 is 5.32 Å². The Balaban J connectivity index is 1.25. The number of nitrogens with one attached hydrogen (secondary N) is 1. The summed E-state index contributed by atoms with van der Waals surface area (Å²) in [6.45, 7) is 3.90. The molecule has 3 nitrogen and oxygen atoms in total. The predicted octanol–water partition coefficient (Wildman–Crippen LogP) is 4.61. The van der Waals surface area contributed by atoms with Crippen LogP contribution in [0.1, 0.15) is 36.8 Å². The van der Waals surface area contributed by atoms with Crippen molar-refractivity contribution in [1.82, 2.24) is 10.2 Å². The number of thioether (sulfide) groups is 1. The molecule has 0 radical (unpaired) electrons. The highest BCUT2D eigenvalue weighted by molar-refractivity contribution is 7.98. The van der Waals surface area contributed by atoms with E-state index in [0.717, 1.165) is 57.4 Å². The van der Waals surface area contributed by atoms with Crippen molar-refractivity contribution in [2.24, 2.45) is 5.92 Å². The van der Waals surface area contributed by atoms with Crippen LogP contribution in [0.4, 0.5) is 4.39 Å². The van der Waals surface area contributed by atoms with Crippen molar-refractivity contribution in [1.29, 1.82) is 0 Å². The molecule has 1 heterocycles. The molecule has 1 saturated carbocycles. The lowest BCUT2D eigenvalue weighted by Crippen LogP contribution is -2.41. The average molecular weight is 413 g/mol. The van der Waals surface area contributed by atoms with Gasteiger partial charge in [0.2, 0.25) is 5.91 Å². The van der Waals surface area contributed by atoms with Gasteiger partial charge in [0.1, 0.15) is 5.82 Å². The molecule has 1 saturated heterocycles. The predicted molar refractivity (Wildman–Crippen MR) is 117 cm³/mol. The van der Waals surface area contributed by atoms with E-state index in [4.69, 9.17) is 0 Å². The zero-order chi connectivity index (χ0) is 20.3. The van der Waals surface area contributed by atoms with Crippen LogP contribution in [0.5, 0.6) is 0 Å². The van der Waals surface area contributed by atoms with Crippen LogP contribution in [-0.4, -0.2) is 36.7 Å². The van der Waals surface area contributed by atoms with Gasteiger partial charge in [0.15, 0.2) is 0 Å². The quantitative estimate of drug-likeness (QED) is 0.674. The molecule has 1 N–H and O–H groups in total. The van der Waals surface area contributed by atoms with Crippen LogP contribution < -0.4 is 5.32 Å². The van der Waals surface area contributed by atoms with Gasteiger partial charge in [-0.1, -0.05) is 30.3 Å². The Morgan fingerprint density at radius 2 is 1.83 bits per heavy atom. The minimum Gasteiger partial charge on any atom is -0.355 e. The number of hydrogen-bond acceptors (Lipinski definition) is 3. The van der Waals surface area contributed by atoms with Crippen molar-refractivity contribution in [3.05, 3.63) is 65.5 Å². The van der Waals surface area contributed by atoms with Gasteiger partial charge in [-0.25, -0.2) is 4.39 Å². The van der Waals surface area contributed by atoms with E-state index in [1.54, 1.807) is 12.1 Å². The molecule has 2 aromatic rings. The molecule has 1 aliphatic heterocycles. The molecule has 0 atom stereocenters. The lowest BCUT2D eigenvalue weighted by atomic mass is 9.93. The molecule has 2 fully saturated rings. The monoisotopic (exact) mass is 412 g/mol. The zero-order valence-corrected chi connectivity index (χ0v) is 17.8. The van der Waals surface area contributed by atoms with Gasteiger partial charge in [-0.05, 0) is 80.3 Å². The van der Waals surface area contributed by atoms with E-state index in [2.05, 4.69) is 40.7 Å². The van der Waals surface area contributed by atoms with Crippen LogP contribution in [0.25, 0.3) is 0 Å². The fourth-order valence-electron chi connectivity index (χ4n) is 4.37. The smallest absolute Gasteiger partial charge is 0.230 e. The maximum Gasteiger partial charge on any atom is 0.230 e. The van der Waals surface area contributed by atoms with E-state index in [1.165, 1.54) is 22.6 Å². The zero-order valence-electron chi connectivity index (χ0n) is 17.0. The van der Waals surface area contributed by atoms with Crippen LogP contribution in [0.15, 0.2) is 53.4 Å². The molecule has 4 rings (SSSR count). The summed E-state index contributed by atoms with van der Waals surface area (Å²) in [7, 11) is 0. The summed E-state index contributed by atoms with van der Waals surface area (Å²) in [6.07, 6.45) is 6.08. The minimum absolute atomic E-state index is 0.112. The normalized spacial score (nSPS) is 19.1. The lowest BCUT2D eigenvalue weighted by Gasteiger charge is -2.32. The summed E-state index contributed by atoms with van der Waals surface area (Å²) in [5, 5.41) is 3.20. The molecule has 5 heteroatoms. The Morgan fingerprint density at radius 1 is 1.14 bits per heavy atom. The topological polar surface area (TPSA) is 32.3 Å². The molecular weight excluding hydrogens is 383 g/mol. The molecule has 0 unspecified atom stereocenters. The van der Waals surface area contributed by atoms with E-state index in [-0.39, 0.29) is 11.7 Å². The second-order valence-electron chi connectivity index (χ2n) is 8.33. The third kappa shape index (κ3) is 4.67. The summed E-state index contributed by atoms with van der Waals surface area (Å²) >= 11 is 1.81. The molecule has 2 aromatic carbocycles. The first-order chi connectivity index (χ1) is 14.1. The first-order valence-corrected chi connectivity index (χ1v) is 11.7. The van der Waals surface area contributed by atoms with Crippen molar-refractivity contribution in [3.63, 3.8) is 0 Å².